The Bertz CT molecular complexity index is 918. The van der Waals surface area contributed by atoms with Gasteiger partial charge in [0.1, 0.15) is 5.75 Å². The molecule has 0 N–H and O–H groups in total. The number of ether oxygens (including phenoxy) is 3. The Morgan fingerprint density at radius 2 is 1.22 bits per heavy atom. The number of carbonyl (C=O) groups is 3. The van der Waals surface area contributed by atoms with Gasteiger partial charge in [-0.05, 0) is 23.8 Å². The highest BCUT2D eigenvalue weighted by molar-refractivity contribution is 5.82. The van der Waals surface area contributed by atoms with Crippen LogP contribution in [0.2, 0.25) is 0 Å². The highest BCUT2D eigenvalue weighted by Gasteiger charge is 2.19. The number of esters is 3. The van der Waals surface area contributed by atoms with Crippen molar-refractivity contribution in [2.24, 2.45) is 0 Å². The third-order valence-corrected chi connectivity index (χ3v) is 3.20. The second-order valence-corrected chi connectivity index (χ2v) is 5.38. The molecule has 0 unspecified atom stereocenters. The molecule has 0 saturated carbocycles. The van der Waals surface area contributed by atoms with Crippen LogP contribution in [0.3, 0.4) is 0 Å². The fourth-order valence-electron chi connectivity index (χ4n) is 2.24. The summed E-state index contributed by atoms with van der Waals surface area (Å²) in [7, 11) is 0. The van der Waals surface area contributed by atoms with Gasteiger partial charge in [-0.25, -0.2) is 0 Å². The second kappa shape index (κ2) is 8.09. The highest BCUT2D eigenvalue weighted by atomic mass is 16.6. The van der Waals surface area contributed by atoms with E-state index in [0.29, 0.717) is 11.1 Å². The first-order valence-corrected chi connectivity index (χ1v) is 7.65. The van der Waals surface area contributed by atoms with Crippen molar-refractivity contribution in [2.75, 3.05) is 0 Å². The predicted molar refractivity (Wildman–Crippen MR) is 92.5 cm³/mol. The van der Waals surface area contributed by atoms with E-state index in [1.54, 1.807) is 0 Å². The zero-order valence-corrected chi connectivity index (χ0v) is 14.7. The van der Waals surface area contributed by atoms with Crippen LogP contribution in [-0.2, 0) is 14.4 Å². The van der Waals surface area contributed by atoms with E-state index >= 15 is 0 Å². The van der Waals surface area contributed by atoms with Gasteiger partial charge in [0.15, 0.2) is 11.5 Å². The number of nitro groups is 1. The van der Waals surface area contributed by atoms with Crippen molar-refractivity contribution < 1.29 is 33.5 Å². The van der Waals surface area contributed by atoms with Gasteiger partial charge in [-0.3, -0.25) is 24.5 Å². The summed E-state index contributed by atoms with van der Waals surface area (Å²) in [5, 5.41) is 10.8. The molecule has 0 radical (unpaired) electrons. The summed E-state index contributed by atoms with van der Waals surface area (Å²) in [6.07, 6.45) is 0. The minimum Gasteiger partial charge on any atom is -0.426 e. The van der Waals surface area contributed by atoms with Gasteiger partial charge >= 0.3 is 17.9 Å². The Labute approximate surface area is 153 Å². The molecule has 140 valence electrons. The standard InChI is InChI=1S/C18H15NO8/c1-10(20)25-16-9-18(27-12(3)22)17(26-11(2)21)8-15(16)13-4-6-14(7-5-13)19(23)24/h4-9H,1-3H3. The van der Waals surface area contributed by atoms with E-state index in [-0.39, 0.29) is 22.9 Å². The van der Waals surface area contributed by atoms with Gasteiger partial charge in [-0.2, -0.15) is 0 Å². The predicted octanol–water partition coefficient (Wildman–Crippen LogP) is 3.04. The van der Waals surface area contributed by atoms with E-state index in [2.05, 4.69) is 0 Å². The fourth-order valence-corrected chi connectivity index (χ4v) is 2.24. The Balaban J connectivity index is 2.64. The normalized spacial score (nSPS) is 10.0. The Morgan fingerprint density at radius 1 is 0.778 bits per heavy atom. The molecule has 0 aliphatic rings. The quantitative estimate of drug-likeness (QED) is 0.339. The summed E-state index contributed by atoms with van der Waals surface area (Å²) in [6.45, 7) is 3.52. The molecule has 9 heteroatoms. The summed E-state index contributed by atoms with van der Waals surface area (Å²) >= 11 is 0. The van der Waals surface area contributed by atoms with Crippen molar-refractivity contribution in [3.05, 3.63) is 46.5 Å². The van der Waals surface area contributed by atoms with Crippen LogP contribution in [0.1, 0.15) is 20.8 Å². The number of hydrogen-bond donors (Lipinski definition) is 0. The largest absolute Gasteiger partial charge is 0.426 e. The maximum Gasteiger partial charge on any atom is 0.308 e. The van der Waals surface area contributed by atoms with Crippen LogP contribution in [-0.4, -0.2) is 22.8 Å². The van der Waals surface area contributed by atoms with E-state index in [1.165, 1.54) is 50.2 Å². The SMILES string of the molecule is CC(=O)Oc1cc(OC(C)=O)c(-c2ccc([N+](=O)[O-])cc2)cc1OC(C)=O. The maximum atomic E-state index is 11.4. The lowest BCUT2D eigenvalue weighted by atomic mass is 10.0. The first-order valence-electron chi connectivity index (χ1n) is 7.65. The van der Waals surface area contributed by atoms with Crippen molar-refractivity contribution in [1.29, 1.82) is 0 Å². The Kier molecular flexibility index (Phi) is 5.86. The number of non-ortho nitro benzene ring substituents is 1. The lowest BCUT2D eigenvalue weighted by Crippen LogP contribution is -2.09. The monoisotopic (exact) mass is 373 g/mol. The average molecular weight is 373 g/mol. The third-order valence-electron chi connectivity index (χ3n) is 3.20. The first-order chi connectivity index (χ1) is 12.7. The lowest BCUT2D eigenvalue weighted by Gasteiger charge is -2.15. The molecule has 0 heterocycles. The smallest absolute Gasteiger partial charge is 0.308 e. The van der Waals surface area contributed by atoms with E-state index in [4.69, 9.17) is 14.2 Å². The van der Waals surface area contributed by atoms with Gasteiger partial charge in [0.05, 0.1) is 4.92 Å². The third kappa shape index (κ3) is 5.11. The molecule has 0 bridgehead atoms. The molecule has 2 aromatic rings. The summed E-state index contributed by atoms with van der Waals surface area (Å²) in [6, 6.07) is 8.03. The van der Waals surface area contributed by atoms with Crippen LogP contribution in [0.15, 0.2) is 36.4 Å². The molecular formula is C18H15NO8. The summed E-state index contributed by atoms with van der Waals surface area (Å²) in [4.78, 5) is 44.4. The van der Waals surface area contributed by atoms with Crippen LogP contribution in [0.4, 0.5) is 5.69 Å². The van der Waals surface area contributed by atoms with E-state index in [9.17, 15) is 24.5 Å². The number of hydrogen-bond acceptors (Lipinski definition) is 8. The van der Waals surface area contributed by atoms with E-state index < -0.39 is 22.8 Å². The summed E-state index contributed by atoms with van der Waals surface area (Å²) in [5.74, 6) is -2.10. The number of rotatable bonds is 5. The van der Waals surface area contributed by atoms with Gasteiger partial charge in [0.2, 0.25) is 0 Å². The second-order valence-electron chi connectivity index (χ2n) is 5.38. The van der Waals surface area contributed by atoms with Crippen molar-refractivity contribution in [3.63, 3.8) is 0 Å². The van der Waals surface area contributed by atoms with E-state index in [0.717, 1.165) is 6.92 Å². The Hall–Kier alpha value is -3.75. The number of nitrogens with zero attached hydrogens (tertiary/aromatic N) is 1. The van der Waals surface area contributed by atoms with Crippen LogP contribution in [0.5, 0.6) is 17.2 Å². The van der Waals surface area contributed by atoms with Crippen molar-refractivity contribution in [2.45, 2.75) is 20.8 Å². The molecule has 0 aromatic heterocycles. The fraction of sp³-hybridized carbons (Fsp3) is 0.167. The van der Waals surface area contributed by atoms with Crippen LogP contribution >= 0.6 is 0 Å². The molecule has 0 aliphatic heterocycles. The molecule has 2 aromatic carbocycles. The van der Waals surface area contributed by atoms with Crippen molar-refractivity contribution in [1.82, 2.24) is 0 Å². The molecule has 0 atom stereocenters. The molecule has 0 amide bonds. The first kappa shape index (κ1) is 19.6. The maximum absolute atomic E-state index is 11.4. The van der Waals surface area contributed by atoms with Crippen LogP contribution < -0.4 is 14.2 Å². The molecular weight excluding hydrogens is 358 g/mol. The van der Waals surface area contributed by atoms with E-state index in [1.807, 2.05) is 0 Å². The molecule has 0 fully saturated rings. The number of nitro benzene ring substituents is 1. The molecule has 0 saturated heterocycles. The minimum atomic E-state index is -0.666. The lowest BCUT2D eigenvalue weighted by molar-refractivity contribution is -0.384. The highest BCUT2D eigenvalue weighted by Crippen LogP contribution is 2.41. The summed E-state index contributed by atoms with van der Waals surface area (Å²) in [5.41, 5.74) is 0.649. The molecule has 0 aliphatic carbocycles. The van der Waals surface area contributed by atoms with Crippen molar-refractivity contribution in [3.8, 4) is 28.4 Å². The number of benzene rings is 2. The van der Waals surface area contributed by atoms with Crippen LogP contribution in [0, 0.1) is 10.1 Å². The average Bonchev–Trinajstić information content (AvgIpc) is 2.55. The van der Waals surface area contributed by atoms with Gasteiger partial charge < -0.3 is 14.2 Å². The summed E-state index contributed by atoms with van der Waals surface area (Å²) < 4.78 is 15.2. The van der Waals surface area contributed by atoms with Gasteiger partial charge in [-0.1, -0.05) is 0 Å². The minimum absolute atomic E-state index is 0.0310. The molecule has 2 rings (SSSR count). The van der Waals surface area contributed by atoms with Gasteiger partial charge in [0.25, 0.3) is 5.69 Å². The van der Waals surface area contributed by atoms with Gasteiger partial charge in [-0.15, -0.1) is 0 Å². The zero-order chi connectivity index (χ0) is 20.1. The van der Waals surface area contributed by atoms with Gasteiger partial charge in [0, 0.05) is 44.5 Å². The Morgan fingerprint density at radius 3 is 1.67 bits per heavy atom. The molecule has 0 spiro atoms. The van der Waals surface area contributed by atoms with Crippen molar-refractivity contribution >= 4 is 23.6 Å². The molecule has 27 heavy (non-hydrogen) atoms. The molecule has 9 nitrogen and oxygen atoms in total. The van der Waals surface area contributed by atoms with Crippen LogP contribution in [0.25, 0.3) is 11.1 Å². The topological polar surface area (TPSA) is 122 Å². The zero-order valence-electron chi connectivity index (χ0n) is 14.7. The number of carbonyl (C=O) groups excluding carboxylic acids is 3.